The predicted octanol–water partition coefficient (Wildman–Crippen LogP) is 1.27. The van der Waals surface area contributed by atoms with Crippen molar-refractivity contribution in [2.75, 3.05) is 19.8 Å². The molecule has 1 aromatic rings. The molecule has 0 radical (unpaired) electrons. The molecule has 0 aromatic carbocycles. The van der Waals surface area contributed by atoms with E-state index in [0.29, 0.717) is 25.7 Å². The molecule has 1 aliphatic carbocycles. The van der Waals surface area contributed by atoms with Gasteiger partial charge < -0.3 is 4.74 Å². The average Bonchev–Trinajstić information content (AvgIpc) is 2.98. The van der Waals surface area contributed by atoms with Crippen LogP contribution in [0.4, 0.5) is 0 Å². The van der Waals surface area contributed by atoms with Crippen LogP contribution in [0.3, 0.4) is 0 Å². The molecule has 2 aliphatic heterocycles. The topological polar surface area (TPSA) is 59.5 Å². The zero-order valence-corrected chi connectivity index (χ0v) is 12.1. The largest absolute Gasteiger partial charge is 0.379 e. The minimum Gasteiger partial charge on any atom is -0.379 e. The Labute approximate surface area is 119 Å². The van der Waals surface area contributed by atoms with Gasteiger partial charge in [-0.1, -0.05) is 12.5 Å². The van der Waals surface area contributed by atoms with Crippen molar-refractivity contribution in [1.82, 2.24) is 9.29 Å². The lowest BCUT2D eigenvalue weighted by Crippen LogP contribution is -2.40. The third kappa shape index (κ3) is 1.61. The summed E-state index contributed by atoms with van der Waals surface area (Å²) >= 11 is 0. The molecule has 0 N–H and O–H groups in total. The second-order valence-corrected chi connectivity index (χ2v) is 7.98. The second kappa shape index (κ2) is 4.26. The second-order valence-electron chi connectivity index (χ2n) is 6.15. The van der Waals surface area contributed by atoms with E-state index in [-0.39, 0.29) is 16.5 Å². The van der Waals surface area contributed by atoms with Gasteiger partial charge in [-0.3, -0.25) is 0 Å². The molecule has 1 saturated carbocycles. The van der Waals surface area contributed by atoms with E-state index in [4.69, 9.17) is 4.74 Å². The van der Waals surface area contributed by atoms with Crippen LogP contribution in [0.15, 0.2) is 29.4 Å². The fourth-order valence-electron chi connectivity index (χ4n) is 4.00. The molecule has 0 bridgehead atoms. The summed E-state index contributed by atoms with van der Waals surface area (Å²) in [5, 5.41) is 0.155. The molecule has 3 fully saturated rings. The highest BCUT2D eigenvalue weighted by Gasteiger charge is 2.60. The number of sulfonamides is 1. The lowest BCUT2D eigenvalue weighted by Gasteiger charge is -2.42. The first-order valence-corrected chi connectivity index (χ1v) is 8.58. The summed E-state index contributed by atoms with van der Waals surface area (Å²) in [7, 11) is -3.50. The number of nitrogens with zero attached hydrogens (tertiary/aromatic N) is 2. The first kappa shape index (κ1) is 12.7. The maximum absolute atomic E-state index is 12.8. The van der Waals surface area contributed by atoms with Crippen LogP contribution >= 0.6 is 0 Å². The minimum absolute atomic E-state index is 0.00214. The summed E-state index contributed by atoms with van der Waals surface area (Å²) in [4.78, 5) is 4.03. The van der Waals surface area contributed by atoms with Crippen LogP contribution in [-0.2, 0) is 14.8 Å². The maximum atomic E-state index is 12.8. The maximum Gasteiger partial charge on any atom is 0.260 e. The van der Waals surface area contributed by atoms with Gasteiger partial charge in [0.25, 0.3) is 10.0 Å². The fourth-order valence-corrected chi connectivity index (χ4v) is 5.68. The quantitative estimate of drug-likeness (QED) is 0.824. The Morgan fingerprint density at radius 2 is 2.15 bits per heavy atom. The molecule has 20 heavy (non-hydrogen) atoms. The van der Waals surface area contributed by atoms with Gasteiger partial charge in [-0.2, -0.15) is 4.31 Å². The van der Waals surface area contributed by atoms with Gasteiger partial charge in [0.1, 0.15) is 0 Å². The smallest absolute Gasteiger partial charge is 0.260 e. The van der Waals surface area contributed by atoms with Crippen LogP contribution in [0.5, 0.6) is 0 Å². The Kier molecular flexibility index (Phi) is 2.71. The molecule has 0 amide bonds. The third-order valence-corrected chi connectivity index (χ3v) is 7.03. The van der Waals surface area contributed by atoms with E-state index in [2.05, 4.69) is 4.98 Å². The molecule has 6 heteroatoms. The monoisotopic (exact) mass is 294 g/mol. The van der Waals surface area contributed by atoms with Crippen LogP contribution < -0.4 is 0 Å². The van der Waals surface area contributed by atoms with Gasteiger partial charge in [0.15, 0.2) is 5.03 Å². The van der Waals surface area contributed by atoms with Gasteiger partial charge in [0.05, 0.1) is 19.3 Å². The van der Waals surface area contributed by atoms with Gasteiger partial charge in [-0.05, 0) is 30.4 Å². The highest BCUT2D eigenvalue weighted by atomic mass is 32.2. The van der Waals surface area contributed by atoms with Crippen molar-refractivity contribution in [3.63, 3.8) is 0 Å². The average molecular weight is 294 g/mol. The molecule has 2 saturated heterocycles. The Morgan fingerprint density at radius 3 is 2.80 bits per heavy atom. The van der Waals surface area contributed by atoms with Crippen LogP contribution in [-0.4, -0.2) is 43.5 Å². The molecule has 1 aromatic heterocycles. The highest BCUT2D eigenvalue weighted by molar-refractivity contribution is 7.89. The summed E-state index contributed by atoms with van der Waals surface area (Å²) < 4.78 is 32.9. The van der Waals surface area contributed by atoms with Crippen LogP contribution in [0.25, 0.3) is 0 Å². The van der Waals surface area contributed by atoms with Crippen molar-refractivity contribution >= 4 is 10.0 Å². The SMILES string of the molecule is O=S(=O)(c1ccccn1)N1CC2(CCC2)C2COCC21. The molecule has 108 valence electrons. The summed E-state index contributed by atoms with van der Waals surface area (Å²) in [6, 6.07) is 5.03. The van der Waals surface area contributed by atoms with Crippen molar-refractivity contribution in [3.8, 4) is 0 Å². The molecule has 3 heterocycles. The molecule has 3 aliphatic rings. The number of pyridine rings is 1. The third-order valence-electron chi connectivity index (χ3n) is 5.24. The van der Waals surface area contributed by atoms with E-state index in [1.165, 1.54) is 12.6 Å². The molecule has 1 spiro atoms. The zero-order chi connectivity index (χ0) is 13.8. The Hall–Kier alpha value is -0.980. The molecule has 5 nitrogen and oxygen atoms in total. The van der Waals surface area contributed by atoms with Crippen LogP contribution in [0.2, 0.25) is 0 Å². The van der Waals surface area contributed by atoms with E-state index in [1.54, 1.807) is 22.5 Å². The van der Waals surface area contributed by atoms with Crippen molar-refractivity contribution in [3.05, 3.63) is 24.4 Å². The van der Waals surface area contributed by atoms with Crippen LogP contribution in [0.1, 0.15) is 19.3 Å². The van der Waals surface area contributed by atoms with Crippen molar-refractivity contribution < 1.29 is 13.2 Å². The van der Waals surface area contributed by atoms with Crippen molar-refractivity contribution in [1.29, 1.82) is 0 Å². The van der Waals surface area contributed by atoms with E-state index >= 15 is 0 Å². The predicted molar refractivity (Wildman–Crippen MR) is 72.5 cm³/mol. The Bertz CT molecular complexity index is 613. The molecule has 2 unspecified atom stereocenters. The summed E-state index contributed by atoms with van der Waals surface area (Å²) in [6.45, 7) is 1.88. The standard InChI is InChI=1S/C14H18N2O3S/c17-20(18,13-4-1-2-7-15-13)16-10-14(5-3-6-14)11-8-19-9-12(11)16/h1-2,4,7,11-12H,3,5-6,8-10H2. The first-order valence-electron chi connectivity index (χ1n) is 7.14. The molecular formula is C14H18N2O3S. The van der Waals surface area contributed by atoms with Gasteiger partial charge in [-0.25, -0.2) is 13.4 Å². The summed E-state index contributed by atoms with van der Waals surface area (Å²) in [5.41, 5.74) is 0.170. The van der Waals surface area contributed by atoms with Gasteiger partial charge in [-0.15, -0.1) is 0 Å². The number of rotatable bonds is 2. The Morgan fingerprint density at radius 1 is 1.30 bits per heavy atom. The molecule has 2 atom stereocenters. The van der Waals surface area contributed by atoms with Crippen LogP contribution in [0, 0.1) is 11.3 Å². The first-order chi connectivity index (χ1) is 9.63. The number of ether oxygens (including phenoxy) is 1. The minimum atomic E-state index is -3.50. The van der Waals surface area contributed by atoms with E-state index in [0.717, 1.165) is 12.8 Å². The van der Waals surface area contributed by atoms with E-state index < -0.39 is 10.0 Å². The zero-order valence-electron chi connectivity index (χ0n) is 11.2. The summed E-state index contributed by atoms with van der Waals surface area (Å²) in [6.07, 6.45) is 5.00. The lowest BCUT2D eigenvalue weighted by molar-refractivity contribution is 0.0601. The molecule has 4 rings (SSSR count). The van der Waals surface area contributed by atoms with E-state index in [9.17, 15) is 8.42 Å². The lowest BCUT2D eigenvalue weighted by atomic mass is 9.62. The normalized spacial score (nSPS) is 32.2. The fraction of sp³-hybridized carbons (Fsp3) is 0.643. The number of aromatic nitrogens is 1. The van der Waals surface area contributed by atoms with Gasteiger partial charge >= 0.3 is 0 Å². The summed E-state index contributed by atoms with van der Waals surface area (Å²) in [5.74, 6) is 0.370. The number of hydrogen-bond acceptors (Lipinski definition) is 4. The van der Waals surface area contributed by atoms with Crippen molar-refractivity contribution in [2.45, 2.75) is 30.3 Å². The Balaban J connectivity index is 1.72. The molecular weight excluding hydrogens is 276 g/mol. The van der Waals surface area contributed by atoms with E-state index in [1.807, 2.05) is 0 Å². The number of hydrogen-bond donors (Lipinski definition) is 0. The van der Waals surface area contributed by atoms with Crippen molar-refractivity contribution in [2.24, 2.45) is 11.3 Å². The van der Waals surface area contributed by atoms with Gasteiger partial charge in [0.2, 0.25) is 0 Å². The number of fused-ring (bicyclic) bond motifs is 2. The van der Waals surface area contributed by atoms with Gasteiger partial charge in [0, 0.05) is 18.7 Å². The highest BCUT2D eigenvalue weighted by Crippen LogP contribution is 2.56.